The van der Waals surface area contributed by atoms with Crippen LogP contribution >= 0.6 is 0 Å². The molecule has 0 atom stereocenters. The van der Waals surface area contributed by atoms with Gasteiger partial charge in [0.05, 0.1) is 4.90 Å². The number of rotatable bonds is 8. The van der Waals surface area contributed by atoms with E-state index in [0.29, 0.717) is 25.1 Å². The molecular formula is C19H24N2O3S. The van der Waals surface area contributed by atoms with Crippen molar-refractivity contribution in [3.8, 4) is 0 Å². The topological polar surface area (TPSA) is 75.3 Å². The van der Waals surface area contributed by atoms with Gasteiger partial charge in [-0.3, -0.25) is 4.79 Å². The summed E-state index contributed by atoms with van der Waals surface area (Å²) in [4.78, 5) is 11.9. The molecule has 1 amide bonds. The molecule has 0 bridgehead atoms. The molecular weight excluding hydrogens is 336 g/mol. The van der Waals surface area contributed by atoms with E-state index in [9.17, 15) is 13.2 Å². The first-order chi connectivity index (χ1) is 11.9. The van der Waals surface area contributed by atoms with E-state index < -0.39 is 10.0 Å². The van der Waals surface area contributed by atoms with Crippen molar-refractivity contribution in [3.63, 3.8) is 0 Å². The number of hydrogen-bond acceptors (Lipinski definition) is 3. The lowest BCUT2D eigenvalue weighted by Gasteiger charge is -2.09. The molecule has 0 saturated carbocycles. The van der Waals surface area contributed by atoms with Crippen molar-refractivity contribution in [1.29, 1.82) is 0 Å². The maximum absolute atomic E-state index is 12.3. The van der Waals surface area contributed by atoms with Gasteiger partial charge in [-0.15, -0.1) is 0 Å². The third-order valence-corrected chi connectivity index (χ3v) is 5.07. The molecule has 6 heteroatoms. The normalized spacial score (nSPS) is 11.5. The zero-order chi connectivity index (χ0) is 18.3. The van der Waals surface area contributed by atoms with Gasteiger partial charge in [0, 0.05) is 18.7 Å². The molecule has 2 N–H and O–H groups in total. The van der Waals surface area contributed by atoms with Crippen molar-refractivity contribution in [1.82, 2.24) is 4.72 Å². The second kappa shape index (κ2) is 8.78. The number of hydrogen-bond donors (Lipinski definition) is 2. The third kappa shape index (κ3) is 6.32. The fraction of sp³-hybridized carbons (Fsp3) is 0.316. The summed E-state index contributed by atoms with van der Waals surface area (Å²) >= 11 is 0. The predicted molar refractivity (Wildman–Crippen MR) is 99.9 cm³/mol. The summed E-state index contributed by atoms with van der Waals surface area (Å²) in [5.41, 5.74) is 1.67. The number of carbonyl (C=O) groups is 1. The van der Waals surface area contributed by atoms with Crippen molar-refractivity contribution >= 4 is 21.6 Å². The quantitative estimate of drug-likeness (QED) is 0.759. The van der Waals surface area contributed by atoms with E-state index in [4.69, 9.17) is 0 Å². The van der Waals surface area contributed by atoms with Crippen LogP contribution < -0.4 is 10.0 Å². The molecule has 5 nitrogen and oxygen atoms in total. The Hall–Kier alpha value is -2.18. The van der Waals surface area contributed by atoms with Gasteiger partial charge in [0.2, 0.25) is 15.9 Å². The molecule has 2 aromatic carbocycles. The standard InChI is InChI=1S/C19H24N2O3S/c1-15(2)14-19(22)21-17-8-10-18(11-9-17)25(23,24)20-13-12-16-6-4-3-5-7-16/h3-11,15,20H,12-14H2,1-2H3,(H,21,22). The van der Waals surface area contributed by atoms with Crippen molar-refractivity contribution in [3.05, 3.63) is 60.2 Å². The van der Waals surface area contributed by atoms with Gasteiger partial charge in [0.1, 0.15) is 0 Å². The highest BCUT2D eigenvalue weighted by Gasteiger charge is 2.13. The van der Waals surface area contributed by atoms with Crippen LogP contribution in [0.3, 0.4) is 0 Å². The monoisotopic (exact) mass is 360 g/mol. The summed E-state index contributed by atoms with van der Waals surface area (Å²) in [6.45, 7) is 4.27. The van der Waals surface area contributed by atoms with Gasteiger partial charge < -0.3 is 5.32 Å². The minimum atomic E-state index is -3.56. The first-order valence-electron chi connectivity index (χ1n) is 8.30. The van der Waals surface area contributed by atoms with Gasteiger partial charge >= 0.3 is 0 Å². The molecule has 0 fully saturated rings. The lowest BCUT2D eigenvalue weighted by atomic mass is 10.1. The van der Waals surface area contributed by atoms with Gasteiger partial charge in [-0.05, 0) is 42.2 Å². The SMILES string of the molecule is CC(C)CC(=O)Nc1ccc(S(=O)(=O)NCCc2ccccc2)cc1. The molecule has 0 heterocycles. The van der Waals surface area contributed by atoms with E-state index >= 15 is 0 Å². The summed E-state index contributed by atoms with van der Waals surface area (Å²) in [5.74, 6) is 0.194. The Morgan fingerprint density at radius 2 is 1.64 bits per heavy atom. The number of amides is 1. The van der Waals surface area contributed by atoms with E-state index in [0.717, 1.165) is 5.56 Å². The Morgan fingerprint density at radius 1 is 1.00 bits per heavy atom. The minimum absolute atomic E-state index is 0.0772. The second-order valence-corrected chi connectivity index (χ2v) is 8.07. The minimum Gasteiger partial charge on any atom is -0.326 e. The van der Waals surface area contributed by atoms with Gasteiger partial charge in [-0.25, -0.2) is 13.1 Å². The fourth-order valence-electron chi connectivity index (χ4n) is 2.36. The Labute approximate surface area is 149 Å². The van der Waals surface area contributed by atoms with E-state index in [1.165, 1.54) is 12.1 Å². The van der Waals surface area contributed by atoms with Crippen LogP contribution in [-0.2, 0) is 21.2 Å². The van der Waals surface area contributed by atoms with Crippen molar-refractivity contribution in [2.75, 3.05) is 11.9 Å². The van der Waals surface area contributed by atoms with Crippen LogP contribution in [0.15, 0.2) is 59.5 Å². The summed E-state index contributed by atoms with van der Waals surface area (Å²) in [6, 6.07) is 15.9. The van der Waals surface area contributed by atoms with Crippen LogP contribution in [-0.4, -0.2) is 20.9 Å². The Kier molecular flexibility index (Phi) is 6.73. The predicted octanol–water partition coefficient (Wildman–Crippen LogP) is 3.19. The molecule has 0 aliphatic rings. The van der Waals surface area contributed by atoms with Crippen LogP contribution in [0.1, 0.15) is 25.8 Å². The Morgan fingerprint density at radius 3 is 2.24 bits per heavy atom. The first kappa shape index (κ1) is 19.1. The smallest absolute Gasteiger partial charge is 0.240 e. The average molecular weight is 360 g/mol. The van der Waals surface area contributed by atoms with E-state index in [2.05, 4.69) is 10.0 Å². The summed E-state index contributed by atoms with van der Waals surface area (Å²) < 4.78 is 27.2. The van der Waals surface area contributed by atoms with Gasteiger partial charge in [-0.2, -0.15) is 0 Å². The van der Waals surface area contributed by atoms with E-state index in [1.54, 1.807) is 12.1 Å². The Bertz CT molecular complexity index is 785. The number of sulfonamides is 1. The highest BCUT2D eigenvalue weighted by Crippen LogP contribution is 2.15. The molecule has 0 radical (unpaired) electrons. The molecule has 134 valence electrons. The lowest BCUT2D eigenvalue weighted by Crippen LogP contribution is -2.26. The summed E-state index contributed by atoms with van der Waals surface area (Å²) in [7, 11) is -3.56. The van der Waals surface area contributed by atoms with Crippen molar-refractivity contribution in [2.24, 2.45) is 5.92 Å². The largest absolute Gasteiger partial charge is 0.326 e. The lowest BCUT2D eigenvalue weighted by molar-refractivity contribution is -0.116. The molecule has 0 saturated heterocycles. The average Bonchev–Trinajstić information content (AvgIpc) is 2.55. The molecule has 25 heavy (non-hydrogen) atoms. The van der Waals surface area contributed by atoms with Crippen LogP contribution in [0.4, 0.5) is 5.69 Å². The third-order valence-electron chi connectivity index (χ3n) is 3.59. The highest BCUT2D eigenvalue weighted by atomic mass is 32.2. The zero-order valence-corrected chi connectivity index (χ0v) is 15.3. The molecule has 0 aromatic heterocycles. The van der Waals surface area contributed by atoms with E-state index in [1.807, 2.05) is 44.2 Å². The zero-order valence-electron chi connectivity index (χ0n) is 14.5. The number of nitrogens with one attached hydrogen (secondary N) is 2. The fourth-order valence-corrected chi connectivity index (χ4v) is 3.39. The number of benzene rings is 2. The molecule has 0 aliphatic heterocycles. The second-order valence-electron chi connectivity index (χ2n) is 6.30. The molecule has 0 unspecified atom stereocenters. The summed E-state index contributed by atoms with van der Waals surface area (Å²) in [6.07, 6.45) is 1.06. The number of carbonyl (C=O) groups excluding carboxylic acids is 1. The van der Waals surface area contributed by atoms with Gasteiger partial charge in [0.25, 0.3) is 0 Å². The van der Waals surface area contributed by atoms with Crippen LogP contribution in [0.25, 0.3) is 0 Å². The van der Waals surface area contributed by atoms with Crippen molar-refractivity contribution < 1.29 is 13.2 Å². The van der Waals surface area contributed by atoms with E-state index in [-0.39, 0.29) is 16.7 Å². The van der Waals surface area contributed by atoms with Gasteiger partial charge in [-0.1, -0.05) is 44.2 Å². The van der Waals surface area contributed by atoms with Crippen LogP contribution in [0.2, 0.25) is 0 Å². The number of anilines is 1. The molecule has 0 spiro atoms. The van der Waals surface area contributed by atoms with Gasteiger partial charge in [0.15, 0.2) is 0 Å². The Balaban J connectivity index is 1.92. The first-order valence-corrected chi connectivity index (χ1v) is 9.78. The summed E-state index contributed by atoms with van der Waals surface area (Å²) in [5, 5.41) is 2.76. The van der Waals surface area contributed by atoms with Crippen LogP contribution in [0.5, 0.6) is 0 Å². The molecule has 2 aromatic rings. The molecule has 0 aliphatic carbocycles. The highest BCUT2D eigenvalue weighted by molar-refractivity contribution is 7.89. The van der Waals surface area contributed by atoms with Crippen molar-refractivity contribution in [2.45, 2.75) is 31.6 Å². The maximum Gasteiger partial charge on any atom is 0.240 e. The maximum atomic E-state index is 12.3. The molecule has 2 rings (SSSR count). The van der Waals surface area contributed by atoms with Crippen LogP contribution in [0, 0.1) is 5.92 Å².